The topological polar surface area (TPSA) is 62.1 Å². The van der Waals surface area contributed by atoms with Crippen LogP contribution in [0.3, 0.4) is 0 Å². The number of pyridine rings is 1. The van der Waals surface area contributed by atoms with Crippen molar-refractivity contribution in [2.24, 2.45) is 11.8 Å². The van der Waals surface area contributed by atoms with Gasteiger partial charge in [-0.3, -0.25) is 4.98 Å². The number of carbonyl (C=O) groups excluding carboxylic acids is 1. The number of aromatic nitrogens is 1. The van der Waals surface area contributed by atoms with Gasteiger partial charge in [-0.15, -0.1) is 6.58 Å². The number of rotatable bonds is 7. The second-order valence-electron chi connectivity index (χ2n) is 9.24. The van der Waals surface area contributed by atoms with Crippen LogP contribution in [0, 0.1) is 11.8 Å². The lowest BCUT2D eigenvalue weighted by Gasteiger charge is -2.48. The SMILES string of the molecule is C=C[C@H]1C[NH+]2CC[C@H]1C[C@@H]2[C@H](OC(=O)c1ccc(OC)cc1)c1ccnc2ccc(OC)cc12. The number of esters is 1. The van der Waals surface area contributed by atoms with Gasteiger partial charge in [-0.05, 0) is 54.4 Å². The zero-order valence-corrected chi connectivity index (χ0v) is 19.7. The second-order valence-corrected chi connectivity index (χ2v) is 9.24. The molecule has 4 heterocycles. The summed E-state index contributed by atoms with van der Waals surface area (Å²) in [6, 6.07) is 15.1. The Balaban J connectivity index is 1.54. The maximum absolute atomic E-state index is 13.3. The van der Waals surface area contributed by atoms with Crippen molar-refractivity contribution >= 4 is 16.9 Å². The third-order valence-electron chi connectivity index (χ3n) is 7.54. The Bertz CT molecular complexity index is 1190. The van der Waals surface area contributed by atoms with E-state index < -0.39 is 6.10 Å². The molecule has 0 aliphatic carbocycles. The van der Waals surface area contributed by atoms with E-state index in [2.05, 4.69) is 17.6 Å². The van der Waals surface area contributed by atoms with Gasteiger partial charge in [0.1, 0.15) is 17.5 Å². The van der Waals surface area contributed by atoms with Crippen molar-refractivity contribution in [3.8, 4) is 11.5 Å². The predicted molar refractivity (Wildman–Crippen MR) is 130 cm³/mol. The number of ether oxygens (including phenoxy) is 3. The van der Waals surface area contributed by atoms with E-state index in [1.165, 1.54) is 11.3 Å². The Labute approximate surface area is 200 Å². The highest BCUT2D eigenvalue weighted by atomic mass is 16.5. The lowest BCUT2D eigenvalue weighted by atomic mass is 9.73. The molecule has 3 aromatic rings. The van der Waals surface area contributed by atoms with Crippen LogP contribution in [0.2, 0.25) is 0 Å². The van der Waals surface area contributed by atoms with Gasteiger partial charge in [-0.2, -0.15) is 0 Å². The minimum absolute atomic E-state index is 0.175. The molecule has 5 atom stereocenters. The Hall–Kier alpha value is -3.38. The standard InChI is InChI=1S/C28H30N2O4/c1-4-18-17-30-14-12-20(18)15-26(30)27(34-28(31)19-5-7-21(32-2)8-6-19)23-11-13-29-25-10-9-22(33-3)16-24(23)25/h4-11,13,16,18,20,26-27H,1,12,14-15,17H2,2-3H3/p+1/t18-,20-,26+,27+/m0/s1. The summed E-state index contributed by atoms with van der Waals surface area (Å²) in [6.07, 6.45) is 5.70. The van der Waals surface area contributed by atoms with Crippen molar-refractivity contribution in [2.75, 3.05) is 27.3 Å². The average molecular weight is 460 g/mol. The van der Waals surface area contributed by atoms with E-state index in [1.54, 1.807) is 44.7 Å². The fourth-order valence-corrected chi connectivity index (χ4v) is 5.69. The first-order valence-corrected chi connectivity index (χ1v) is 11.9. The first-order valence-electron chi connectivity index (χ1n) is 11.9. The number of quaternary nitrogens is 1. The Morgan fingerprint density at radius 3 is 2.56 bits per heavy atom. The van der Waals surface area contributed by atoms with Crippen LogP contribution < -0.4 is 14.4 Å². The van der Waals surface area contributed by atoms with E-state index in [9.17, 15) is 4.79 Å². The molecule has 3 aliphatic heterocycles. The average Bonchev–Trinajstić information content (AvgIpc) is 2.91. The van der Waals surface area contributed by atoms with E-state index in [4.69, 9.17) is 14.2 Å². The molecule has 1 N–H and O–H groups in total. The van der Waals surface area contributed by atoms with Gasteiger partial charge in [-0.1, -0.05) is 6.08 Å². The van der Waals surface area contributed by atoms with E-state index in [0.717, 1.165) is 41.7 Å². The second kappa shape index (κ2) is 9.47. The summed E-state index contributed by atoms with van der Waals surface area (Å²) in [5, 5.41) is 0.955. The third-order valence-corrected chi connectivity index (χ3v) is 7.54. The van der Waals surface area contributed by atoms with Gasteiger partial charge >= 0.3 is 5.97 Å². The maximum atomic E-state index is 13.3. The summed E-state index contributed by atoms with van der Waals surface area (Å²) in [5.74, 6) is 2.22. The highest BCUT2D eigenvalue weighted by Crippen LogP contribution is 2.37. The fourth-order valence-electron chi connectivity index (χ4n) is 5.69. The number of methoxy groups -OCH3 is 2. The zero-order valence-electron chi connectivity index (χ0n) is 19.7. The highest BCUT2D eigenvalue weighted by molar-refractivity contribution is 5.90. The van der Waals surface area contributed by atoms with Gasteiger partial charge < -0.3 is 19.1 Å². The van der Waals surface area contributed by atoms with Crippen molar-refractivity contribution < 1.29 is 23.9 Å². The highest BCUT2D eigenvalue weighted by Gasteiger charge is 2.47. The maximum Gasteiger partial charge on any atom is 0.338 e. The molecule has 1 unspecified atom stereocenters. The number of fused-ring (bicyclic) bond motifs is 4. The van der Waals surface area contributed by atoms with Gasteiger partial charge in [0.25, 0.3) is 0 Å². The van der Waals surface area contributed by atoms with Crippen molar-refractivity contribution in [3.63, 3.8) is 0 Å². The summed E-state index contributed by atoms with van der Waals surface area (Å²) in [6.45, 7) is 6.18. The third kappa shape index (κ3) is 4.14. The quantitative estimate of drug-likeness (QED) is 0.432. The molecule has 0 spiro atoms. The summed E-state index contributed by atoms with van der Waals surface area (Å²) < 4.78 is 17.1. The molecule has 0 saturated carbocycles. The molecule has 2 aromatic carbocycles. The molecule has 1 aromatic heterocycles. The van der Waals surface area contributed by atoms with E-state index in [-0.39, 0.29) is 12.0 Å². The number of carbonyl (C=O) groups is 1. The first kappa shape index (κ1) is 22.4. The smallest absolute Gasteiger partial charge is 0.338 e. The van der Waals surface area contributed by atoms with Gasteiger partial charge in [0.2, 0.25) is 0 Å². The van der Waals surface area contributed by atoms with Gasteiger partial charge in [0.05, 0.1) is 38.4 Å². The van der Waals surface area contributed by atoms with Crippen molar-refractivity contribution in [1.82, 2.24) is 4.98 Å². The molecule has 3 fully saturated rings. The summed E-state index contributed by atoms with van der Waals surface area (Å²) >= 11 is 0. The summed E-state index contributed by atoms with van der Waals surface area (Å²) in [4.78, 5) is 19.4. The molecule has 0 amide bonds. The molecule has 3 aliphatic rings. The molecular weight excluding hydrogens is 428 g/mol. The van der Waals surface area contributed by atoms with Crippen LogP contribution in [0.25, 0.3) is 10.9 Å². The predicted octanol–water partition coefficient (Wildman–Crippen LogP) is 3.63. The van der Waals surface area contributed by atoms with Crippen LogP contribution in [0.15, 0.2) is 67.4 Å². The number of piperidine rings is 3. The van der Waals surface area contributed by atoms with Crippen molar-refractivity contribution in [1.29, 1.82) is 0 Å². The number of nitrogens with zero attached hydrogens (tertiary/aromatic N) is 1. The van der Waals surface area contributed by atoms with Gasteiger partial charge in [0.15, 0.2) is 6.10 Å². The Kier molecular flexibility index (Phi) is 6.24. The van der Waals surface area contributed by atoms with Gasteiger partial charge in [-0.25, -0.2) is 4.79 Å². The molecule has 6 rings (SSSR count). The lowest BCUT2D eigenvalue weighted by molar-refractivity contribution is -0.949. The molecule has 6 nitrogen and oxygen atoms in total. The van der Waals surface area contributed by atoms with Crippen LogP contribution in [0.4, 0.5) is 0 Å². The lowest BCUT2D eigenvalue weighted by Crippen LogP contribution is -3.20. The molecule has 176 valence electrons. The van der Waals surface area contributed by atoms with Crippen molar-refractivity contribution in [2.45, 2.75) is 25.0 Å². The minimum atomic E-state index is -0.393. The number of hydrogen-bond donors (Lipinski definition) is 1. The summed E-state index contributed by atoms with van der Waals surface area (Å²) in [5.41, 5.74) is 2.35. The molecular formula is C28H31N2O4+. The van der Waals surface area contributed by atoms with E-state index >= 15 is 0 Å². The largest absolute Gasteiger partial charge is 0.497 e. The van der Waals surface area contributed by atoms with Gasteiger partial charge in [0, 0.05) is 35.9 Å². The van der Waals surface area contributed by atoms with Crippen LogP contribution in [-0.2, 0) is 4.74 Å². The zero-order chi connectivity index (χ0) is 23.7. The van der Waals surface area contributed by atoms with Crippen molar-refractivity contribution in [3.05, 3.63) is 78.5 Å². The monoisotopic (exact) mass is 459 g/mol. The molecule has 2 bridgehead atoms. The molecule has 34 heavy (non-hydrogen) atoms. The molecule has 3 saturated heterocycles. The number of nitrogens with one attached hydrogen (secondary N) is 1. The number of hydrogen-bond acceptors (Lipinski definition) is 5. The molecule has 0 radical (unpaired) electrons. The number of benzene rings is 2. The van der Waals surface area contributed by atoms with E-state index in [0.29, 0.717) is 23.1 Å². The Morgan fingerprint density at radius 1 is 1.12 bits per heavy atom. The first-order chi connectivity index (χ1) is 16.6. The minimum Gasteiger partial charge on any atom is -0.497 e. The van der Waals surface area contributed by atoms with Crippen LogP contribution in [-0.4, -0.2) is 44.3 Å². The van der Waals surface area contributed by atoms with Crippen LogP contribution in [0.1, 0.15) is 34.9 Å². The van der Waals surface area contributed by atoms with Crippen LogP contribution >= 0.6 is 0 Å². The van der Waals surface area contributed by atoms with Crippen LogP contribution in [0.5, 0.6) is 11.5 Å². The summed E-state index contributed by atoms with van der Waals surface area (Å²) in [7, 11) is 3.27. The Morgan fingerprint density at radius 2 is 1.88 bits per heavy atom. The normalized spacial score (nSPS) is 24.4. The molecule has 6 heteroatoms. The fraction of sp³-hybridized carbons (Fsp3) is 0.357. The van der Waals surface area contributed by atoms with E-state index in [1.807, 2.05) is 24.3 Å².